The number of hydrogen-bond donors (Lipinski definition) is 1. The predicted molar refractivity (Wildman–Crippen MR) is 65.6 cm³/mol. The van der Waals surface area contributed by atoms with Crippen LogP contribution in [0.15, 0.2) is 15.0 Å². The molecule has 4 nitrogen and oxygen atoms in total. The van der Waals surface area contributed by atoms with E-state index < -0.39 is 5.97 Å². The molecule has 0 atom stereocenters. The molecular formula is C10H10Br2O4. The van der Waals surface area contributed by atoms with E-state index >= 15 is 0 Å². The zero-order valence-electron chi connectivity index (χ0n) is 8.71. The molecule has 0 aliphatic heterocycles. The Morgan fingerprint density at radius 2 is 2.12 bits per heavy atom. The highest BCUT2D eigenvalue weighted by molar-refractivity contribution is 9.13. The minimum atomic E-state index is -0.470. The molecule has 0 radical (unpaired) electrons. The highest BCUT2D eigenvalue weighted by Crippen LogP contribution is 2.41. The fourth-order valence-corrected chi connectivity index (χ4v) is 2.05. The molecule has 0 aromatic heterocycles. The van der Waals surface area contributed by atoms with Gasteiger partial charge in [0.2, 0.25) is 0 Å². The van der Waals surface area contributed by atoms with Crippen molar-refractivity contribution in [3.8, 4) is 11.5 Å². The molecule has 1 rings (SSSR count). The van der Waals surface area contributed by atoms with Crippen molar-refractivity contribution in [2.45, 2.75) is 13.5 Å². The van der Waals surface area contributed by atoms with Crippen LogP contribution in [0.2, 0.25) is 0 Å². The zero-order valence-corrected chi connectivity index (χ0v) is 11.9. The zero-order chi connectivity index (χ0) is 12.3. The fraction of sp³-hybridized carbons (Fsp3) is 0.300. The first-order valence-corrected chi connectivity index (χ1v) is 5.94. The molecule has 0 saturated carbocycles. The molecule has 1 aromatic rings. The van der Waals surface area contributed by atoms with Crippen molar-refractivity contribution in [1.29, 1.82) is 0 Å². The number of rotatable bonds is 3. The third-order valence-electron chi connectivity index (χ3n) is 1.85. The van der Waals surface area contributed by atoms with Gasteiger partial charge in [-0.2, -0.15) is 0 Å². The smallest absolute Gasteiger partial charge is 0.308 e. The first-order chi connectivity index (χ1) is 7.51. The van der Waals surface area contributed by atoms with E-state index in [0.29, 0.717) is 20.3 Å². The summed E-state index contributed by atoms with van der Waals surface area (Å²) < 4.78 is 11.4. The van der Waals surface area contributed by atoms with E-state index in [1.165, 1.54) is 14.0 Å². The number of ether oxygens (including phenoxy) is 2. The van der Waals surface area contributed by atoms with Crippen molar-refractivity contribution < 1.29 is 19.4 Å². The summed E-state index contributed by atoms with van der Waals surface area (Å²) in [6, 6.07) is 1.65. The Bertz CT molecular complexity index is 418. The number of benzene rings is 1. The van der Waals surface area contributed by atoms with Crippen LogP contribution in [0.3, 0.4) is 0 Å². The number of esters is 1. The largest absolute Gasteiger partial charge is 0.493 e. The number of carbonyl (C=O) groups is 1. The third-order valence-corrected chi connectivity index (χ3v) is 3.92. The summed E-state index contributed by atoms with van der Waals surface area (Å²) in [5, 5.41) is 9.26. The van der Waals surface area contributed by atoms with Crippen molar-refractivity contribution >= 4 is 37.8 Å². The van der Waals surface area contributed by atoms with Crippen LogP contribution in [-0.2, 0) is 11.4 Å². The number of halogens is 2. The van der Waals surface area contributed by atoms with E-state index in [0.717, 1.165) is 0 Å². The summed E-state index contributed by atoms with van der Waals surface area (Å²) in [6.07, 6.45) is 0. The van der Waals surface area contributed by atoms with E-state index in [9.17, 15) is 9.90 Å². The summed E-state index contributed by atoms with van der Waals surface area (Å²) in [4.78, 5) is 11.0. The molecule has 1 aromatic carbocycles. The predicted octanol–water partition coefficient (Wildman–Crippen LogP) is 2.64. The van der Waals surface area contributed by atoms with Gasteiger partial charge in [-0.25, -0.2) is 0 Å². The molecular weight excluding hydrogens is 344 g/mol. The molecule has 0 spiro atoms. The standard InChI is InChI=1S/C10H10Br2O4/c1-5(14)16-10-6(4-13)9(12)7(11)3-8(10)15-2/h3,13H,4H2,1-2H3. The van der Waals surface area contributed by atoms with Gasteiger partial charge in [-0.1, -0.05) is 0 Å². The van der Waals surface area contributed by atoms with E-state index in [2.05, 4.69) is 31.9 Å². The number of methoxy groups -OCH3 is 1. The van der Waals surface area contributed by atoms with Crippen LogP contribution in [0, 0.1) is 0 Å². The maximum Gasteiger partial charge on any atom is 0.308 e. The molecule has 0 saturated heterocycles. The minimum Gasteiger partial charge on any atom is -0.493 e. The topological polar surface area (TPSA) is 55.8 Å². The SMILES string of the molecule is COc1cc(Br)c(Br)c(CO)c1OC(C)=O. The first kappa shape index (κ1) is 13.5. The van der Waals surface area contributed by atoms with Gasteiger partial charge >= 0.3 is 5.97 Å². The normalized spacial score (nSPS) is 10.1. The van der Waals surface area contributed by atoms with E-state index in [4.69, 9.17) is 9.47 Å². The summed E-state index contributed by atoms with van der Waals surface area (Å²) in [5.41, 5.74) is 0.460. The van der Waals surface area contributed by atoms with E-state index in [1.54, 1.807) is 6.07 Å². The lowest BCUT2D eigenvalue weighted by Crippen LogP contribution is -2.06. The molecule has 0 unspecified atom stereocenters. The van der Waals surface area contributed by atoms with Crippen LogP contribution in [0.4, 0.5) is 0 Å². The second-order valence-corrected chi connectivity index (χ2v) is 4.58. The third kappa shape index (κ3) is 2.75. The molecule has 0 amide bonds. The Kier molecular flexibility index (Phi) is 4.76. The maximum absolute atomic E-state index is 11.0. The quantitative estimate of drug-likeness (QED) is 0.670. The van der Waals surface area contributed by atoms with Gasteiger partial charge < -0.3 is 14.6 Å². The second kappa shape index (κ2) is 5.65. The summed E-state index contributed by atoms with van der Waals surface area (Å²) in [6.45, 7) is 1.02. The van der Waals surface area contributed by atoms with Gasteiger partial charge in [-0.3, -0.25) is 4.79 Å². The van der Waals surface area contributed by atoms with Crippen LogP contribution in [0.1, 0.15) is 12.5 Å². The van der Waals surface area contributed by atoms with Gasteiger partial charge in [0.1, 0.15) is 0 Å². The summed E-state index contributed by atoms with van der Waals surface area (Å²) in [5.74, 6) is 0.143. The summed E-state index contributed by atoms with van der Waals surface area (Å²) >= 11 is 6.59. The molecule has 0 fully saturated rings. The highest BCUT2D eigenvalue weighted by atomic mass is 79.9. The molecule has 16 heavy (non-hydrogen) atoms. The number of hydrogen-bond acceptors (Lipinski definition) is 4. The Labute approximate surface area is 110 Å². The number of aliphatic hydroxyl groups excluding tert-OH is 1. The maximum atomic E-state index is 11.0. The molecule has 1 N–H and O–H groups in total. The number of carbonyl (C=O) groups excluding carboxylic acids is 1. The van der Waals surface area contributed by atoms with Crippen molar-refractivity contribution in [2.24, 2.45) is 0 Å². The van der Waals surface area contributed by atoms with Gasteiger partial charge in [0, 0.05) is 21.4 Å². The Hall–Kier alpha value is -0.590. The Morgan fingerprint density at radius 1 is 1.50 bits per heavy atom. The monoisotopic (exact) mass is 352 g/mol. The van der Waals surface area contributed by atoms with Gasteiger partial charge in [-0.15, -0.1) is 0 Å². The van der Waals surface area contributed by atoms with Gasteiger partial charge in [0.05, 0.1) is 13.7 Å². The first-order valence-electron chi connectivity index (χ1n) is 4.35. The van der Waals surface area contributed by atoms with Crippen LogP contribution >= 0.6 is 31.9 Å². The fourth-order valence-electron chi connectivity index (χ4n) is 1.19. The average molecular weight is 354 g/mol. The molecule has 0 heterocycles. The van der Waals surface area contributed by atoms with Crippen LogP contribution < -0.4 is 9.47 Å². The van der Waals surface area contributed by atoms with Gasteiger partial charge in [0.25, 0.3) is 0 Å². The average Bonchev–Trinajstić information content (AvgIpc) is 2.23. The van der Waals surface area contributed by atoms with Crippen LogP contribution in [0.5, 0.6) is 11.5 Å². The van der Waals surface area contributed by atoms with Crippen LogP contribution in [0.25, 0.3) is 0 Å². The van der Waals surface area contributed by atoms with Crippen molar-refractivity contribution in [3.63, 3.8) is 0 Å². The van der Waals surface area contributed by atoms with Crippen molar-refractivity contribution in [2.75, 3.05) is 7.11 Å². The Balaban J connectivity index is 3.40. The van der Waals surface area contributed by atoms with E-state index in [-0.39, 0.29) is 12.4 Å². The minimum absolute atomic E-state index is 0.229. The lowest BCUT2D eigenvalue weighted by molar-refractivity contribution is -0.132. The molecule has 0 aliphatic carbocycles. The molecule has 6 heteroatoms. The highest BCUT2D eigenvalue weighted by Gasteiger charge is 2.18. The van der Waals surface area contributed by atoms with Crippen molar-refractivity contribution in [1.82, 2.24) is 0 Å². The van der Waals surface area contributed by atoms with Gasteiger partial charge in [-0.05, 0) is 37.9 Å². The van der Waals surface area contributed by atoms with Gasteiger partial charge in [0.15, 0.2) is 11.5 Å². The van der Waals surface area contributed by atoms with Crippen molar-refractivity contribution in [3.05, 3.63) is 20.6 Å². The molecule has 0 aliphatic rings. The molecule has 0 bridgehead atoms. The second-order valence-electron chi connectivity index (χ2n) is 2.93. The number of aliphatic hydroxyl groups is 1. The summed E-state index contributed by atoms with van der Waals surface area (Å²) in [7, 11) is 1.46. The Morgan fingerprint density at radius 3 is 2.56 bits per heavy atom. The van der Waals surface area contributed by atoms with E-state index in [1.807, 2.05) is 0 Å². The molecule has 88 valence electrons. The lowest BCUT2D eigenvalue weighted by Gasteiger charge is -2.14. The lowest BCUT2D eigenvalue weighted by atomic mass is 10.2. The van der Waals surface area contributed by atoms with Crippen LogP contribution in [-0.4, -0.2) is 18.2 Å².